The third-order valence-electron chi connectivity index (χ3n) is 2.52. The van der Waals surface area contributed by atoms with Gasteiger partial charge in [-0.2, -0.15) is 0 Å². The van der Waals surface area contributed by atoms with Gasteiger partial charge in [0.15, 0.2) is 0 Å². The van der Waals surface area contributed by atoms with E-state index in [1.165, 1.54) is 0 Å². The second-order valence-electron chi connectivity index (χ2n) is 3.76. The Hall–Kier alpha value is -0.683. The summed E-state index contributed by atoms with van der Waals surface area (Å²) in [6, 6.07) is 9.97. The topological polar surface area (TPSA) is 27.7 Å². The summed E-state index contributed by atoms with van der Waals surface area (Å²) >= 11 is 0. The van der Waals surface area contributed by atoms with Crippen LogP contribution in [0.5, 0.6) is 0 Å². The first-order valence-corrected chi connectivity index (χ1v) is 7.90. The molecule has 0 radical (unpaired) electrons. The van der Waals surface area contributed by atoms with E-state index in [0.29, 0.717) is 13.2 Å². The Balaban J connectivity index is 2.83. The quantitative estimate of drug-likeness (QED) is 0.526. The summed E-state index contributed by atoms with van der Waals surface area (Å²) in [5, 5.41) is 1.03. The maximum atomic E-state index is 5.94. The van der Waals surface area contributed by atoms with Crippen molar-refractivity contribution in [2.75, 3.05) is 20.3 Å². The van der Waals surface area contributed by atoms with E-state index >= 15 is 0 Å². The lowest BCUT2D eigenvalue weighted by Gasteiger charge is -2.27. The van der Waals surface area contributed by atoms with E-state index in [0.717, 1.165) is 18.0 Å². The SMILES string of the molecule is CCCCO[Si](OC)(OCC)c1ccccc1. The Labute approximate surface area is 105 Å². The number of rotatable bonds is 8. The molecule has 4 heteroatoms. The molecule has 96 valence electrons. The predicted octanol–water partition coefficient (Wildman–Crippen LogP) is 2.33. The number of unbranched alkanes of at least 4 members (excludes halogenated alkanes) is 1. The first kappa shape index (κ1) is 14.4. The first-order valence-electron chi connectivity index (χ1n) is 6.17. The van der Waals surface area contributed by atoms with Crippen LogP contribution in [0.2, 0.25) is 0 Å². The van der Waals surface area contributed by atoms with Crippen molar-refractivity contribution >= 4 is 14.0 Å². The largest absolute Gasteiger partial charge is 0.536 e. The highest BCUT2D eigenvalue weighted by atomic mass is 28.4. The molecule has 0 heterocycles. The van der Waals surface area contributed by atoms with Crippen molar-refractivity contribution in [2.45, 2.75) is 26.7 Å². The van der Waals surface area contributed by atoms with Crippen LogP contribution in [0.15, 0.2) is 30.3 Å². The molecule has 1 unspecified atom stereocenters. The van der Waals surface area contributed by atoms with E-state index in [-0.39, 0.29) is 0 Å². The lowest BCUT2D eigenvalue weighted by atomic mass is 10.4. The molecule has 0 aromatic heterocycles. The third kappa shape index (κ3) is 3.92. The van der Waals surface area contributed by atoms with E-state index in [1.54, 1.807) is 7.11 Å². The summed E-state index contributed by atoms with van der Waals surface area (Å²) in [6.45, 7) is 5.39. The minimum atomic E-state index is -2.68. The summed E-state index contributed by atoms with van der Waals surface area (Å²) in [6.07, 6.45) is 2.13. The number of benzene rings is 1. The smallest absolute Gasteiger partial charge is 0.373 e. The molecule has 0 N–H and O–H groups in total. The van der Waals surface area contributed by atoms with Crippen molar-refractivity contribution in [3.05, 3.63) is 30.3 Å². The van der Waals surface area contributed by atoms with Gasteiger partial charge in [0, 0.05) is 25.5 Å². The molecule has 17 heavy (non-hydrogen) atoms. The van der Waals surface area contributed by atoms with Crippen LogP contribution in [0.25, 0.3) is 0 Å². The van der Waals surface area contributed by atoms with E-state index in [4.69, 9.17) is 13.3 Å². The van der Waals surface area contributed by atoms with E-state index < -0.39 is 8.80 Å². The Morgan fingerprint density at radius 3 is 2.29 bits per heavy atom. The fraction of sp³-hybridized carbons (Fsp3) is 0.538. The summed E-state index contributed by atoms with van der Waals surface area (Å²) in [7, 11) is -1.02. The molecular weight excluding hydrogens is 232 g/mol. The molecule has 1 aromatic carbocycles. The van der Waals surface area contributed by atoms with Crippen LogP contribution in [0.3, 0.4) is 0 Å². The van der Waals surface area contributed by atoms with Gasteiger partial charge in [-0.25, -0.2) is 0 Å². The normalized spacial score (nSPS) is 14.5. The maximum absolute atomic E-state index is 5.94. The van der Waals surface area contributed by atoms with E-state index in [9.17, 15) is 0 Å². The lowest BCUT2D eigenvalue weighted by molar-refractivity contribution is 0.0954. The molecule has 0 aliphatic heterocycles. The van der Waals surface area contributed by atoms with Gasteiger partial charge in [-0.05, 0) is 13.3 Å². The fourth-order valence-corrected chi connectivity index (χ4v) is 3.91. The summed E-state index contributed by atoms with van der Waals surface area (Å²) in [5.41, 5.74) is 0. The Morgan fingerprint density at radius 2 is 1.76 bits per heavy atom. The van der Waals surface area contributed by atoms with E-state index in [1.807, 2.05) is 37.3 Å². The van der Waals surface area contributed by atoms with Gasteiger partial charge in [0.1, 0.15) is 0 Å². The van der Waals surface area contributed by atoms with Crippen LogP contribution in [0.4, 0.5) is 0 Å². The standard InChI is InChI=1S/C13H22O3Si/c1-4-6-12-16-17(14-3,15-5-2)13-10-8-7-9-11-13/h7-11H,4-6,12H2,1-3H3. The second-order valence-corrected chi connectivity index (χ2v) is 6.44. The van der Waals surface area contributed by atoms with Gasteiger partial charge in [-0.15, -0.1) is 0 Å². The zero-order chi connectivity index (χ0) is 12.6. The predicted molar refractivity (Wildman–Crippen MR) is 71.3 cm³/mol. The molecule has 0 aliphatic carbocycles. The molecule has 0 saturated heterocycles. The first-order chi connectivity index (χ1) is 8.29. The van der Waals surface area contributed by atoms with Gasteiger partial charge < -0.3 is 13.3 Å². The molecule has 0 fully saturated rings. The highest BCUT2D eigenvalue weighted by molar-refractivity contribution is 6.75. The highest BCUT2D eigenvalue weighted by Crippen LogP contribution is 2.10. The monoisotopic (exact) mass is 254 g/mol. The summed E-state index contributed by atoms with van der Waals surface area (Å²) in [4.78, 5) is 0. The van der Waals surface area contributed by atoms with E-state index in [2.05, 4.69) is 6.92 Å². The fourth-order valence-electron chi connectivity index (χ4n) is 1.63. The van der Waals surface area contributed by atoms with Gasteiger partial charge in [-0.1, -0.05) is 43.7 Å². The number of hydrogen-bond donors (Lipinski definition) is 0. The Bertz CT molecular complexity index is 305. The molecule has 1 rings (SSSR count). The van der Waals surface area contributed by atoms with Crippen LogP contribution in [-0.4, -0.2) is 29.1 Å². The highest BCUT2D eigenvalue weighted by Gasteiger charge is 2.42. The lowest BCUT2D eigenvalue weighted by Crippen LogP contribution is -2.56. The van der Waals surface area contributed by atoms with Crippen LogP contribution >= 0.6 is 0 Å². The van der Waals surface area contributed by atoms with Crippen molar-refractivity contribution in [3.63, 3.8) is 0 Å². The zero-order valence-corrected chi connectivity index (χ0v) is 11.9. The van der Waals surface area contributed by atoms with Gasteiger partial charge in [0.25, 0.3) is 0 Å². The van der Waals surface area contributed by atoms with Crippen LogP contribution in [-0.2, 0) is 13.3 Å². The molecule has 1 aromatic rings. The molecule has 0 spiro atoms. The van der Waals surface area contributed by atoms with Crippen molar-refractivity contribution in [2.24, 2.45) is 0 Å². The van der Waals surface area contributed by atoms with Gasteiger partial charge >= 0.3 is 8.80 Å². The summed E-state index contributed by atoms with van der Waals surface area (Å²) in [5.74, 6) is 0. The average molecular weight is 254 g/mol. The van der Waals surface area contributed by atoms with Gasteiger partial charge in [-0.3, -0.25) is 0 Å². The molecule has 1 atom stereocenters. The Kier molecular flexibility index (Phi) is 6.43. The van der Waals surface area contributed by atoms with Crippen LogP contribution in [0, 0.1) is 0 Å². The molecule has 3 nitrogen and oxygen atoms in total. The van der Waals surface area contributed by atoms with Gasteiger partial charge in [0.2, 0.25) is 0 Å². The molecule has 0 aliphatic rings. The molecule has 0 saturated carbocycles. The molecule has 0 amide bonds. The van der Waals surface area contributed by atoms with Crippen molar-refractivity contribution < 1.29 is 13.3 Å². The minimum Gasteiger partial charge on any atom is -0.373 e. The second kappa shape index (κ2) is 7.61. The van der Waals surface area contributed by atoms with Crippen LogP contribution in [0.1, 0.15) is 26.7 Å². The molecular formula is C13H22O3Si. The van der Waals surface area contributed by atoms with Crippen LogP contribution < -0.4 is 5.19 Å². The van der Waals surface area contributed by atoms with Gasteiger partial charge in [0.05, 0.1) is 0 Å². The Morgan fingerprint density at radius 1 is 1.06 bits per heavy atom. The average Bonchev–Trinajstić information content (AvgIpc) is 2.39. The molecule has 0 bridgehead atoms. The van der Waals surface area contributed by atoms with Crippen molar-refractivity contribution in [3.8, 4) is 0 Å². The summed E-state index contributed by atoms with van der Waals surface area (Å²) < 4.78 is 17.4. The third-order valence-corrected chi connectivity index (χ3v) is 5.35. The zero-order valence-electron chi connectivity index (χ0n) is 10.9. The maximum Gasteiger partial charge on any atom is 0.536 e. The number of hydrogen-bond acceptors (Lipinski definition) is 3. The minimum absolute atomic E-state index is 0.598. The van der Waals surface area contributed by atoms with Crippen molar-refractivity contribution in [1.29, 1.82) is 0 Å². The van der Waals surface area contributed by atoms with Crippen molar-refractivity contribution in [1.82, 2.24) is 0 Å².